The number of aryl methyl sites for hydroxylation is 3. The minimum atomic E-state index is -0.455. The number of carbonyl (C=O) groups excluding carboxylic acids is 1. The second-order valence-electron chi connectivity index (χ2n) is 5.42. The van der Waals surface area contributed by atoms with Crippen molar-refractivity contribution in [3.8, 4) is 0 Å². The summed E-state index contributed by atoms with van der Waals surface area (Å²) < 4.78 is 0. The lowest BCUT2D eigenvalue weighted by atomic mass is 9.81. The Labute approximate surface area is 116 Å². The highest BCUT2D eigenvalue weighted by atomic mass is 16.2. The van der Waals surface area contributed by atoms with Crippen LogP contribution in [-0.4, -0.2) is 12.5 Å². The normalized spacial score (nSPS) is 11.5. The van der Waals surface area contributed by atoms with E-state index in [2.05, 4.69) is 24.4 Å². The van der Waals surface area contributed by atoms with E-state index in [-0.39, 0.29) is 5.91 Å². The Morgan fingerprint density at radius 2 is 1.63 bits per heavy atom. The first kappa shape index (κ1) is 15.7. The first-order valence-corrected chi connectivity index (χ1v) is 6.99. The van der Waals surface area contributed by atoms with Gasteiger partial charge in [0.15, 0.2) is 0 Å². The Hall–Kier alpha value is -1.35. The molecular weight excluding hydrogens is 236 g/mol. The molecule has 0 aliphatic carbocycles. The van der Waals surface area contributed by atoms with Crippen LogP contribution in [0, 0.1) is 26.2 Å². The van der Waals surface area contributed by atoms with Gasteiger partial charge in [-0.2, -0.15) is 0 Å². The Bertz CT molecular complexity index is 431. The van der Waals surface area contributed by atoms with E-state index in [0.717, 1.165) is 29.7 Å². The van der Waals surface area contributed by atoms with Gasteiger partial charge in [-0.05, 0) is 44.7 Å². The van der Waals surface area contributed by atoms with Gasteiger partial charge in [0.25, 0.3) is 0 Å². The molecule has 0 unspecified atom stereocenters. The number of benzene rings is 1. The molecule has 3 heteroatoms. The fourth-order valence-corrected chi connectivity index (χ4v) is 2.58. The van der Waals surface area contributed by atoms with Gasteiger partial charge in [0.1, 0.15) is 0 Å². The van der Waals surface area contributed by atoms with E-state index < -0.39 is 5.41 Å². The summed E-state index contributed by atoms with van der Waals surface area (Å²) in [5.41, 5.74) is 9.71. The fraction of sp³-hybridized carbons (Fsp3) is 0.562. The summed E-state index contributed by atoms with van der Waals surface area (Å²) in [4.78, 5) is 12.5. The summed E-state index contributed by atoms with van der Waals surface area (Å²) >= 11 is 0. The molecule has 0 spiro atoms. The summed E-state index contributed by atoms with van der Waals surface area (Å²) in [7, 11) is 0. The molecule has 3 N–H and O–H groups in total. The number of hydrogen-bond donors (Lipinski definition) is 2. The molecule has 1 aromatic carbocycles. The molecule has 0 atom stereocenters. The zero-order valence-electron chi connectivity index (χ0n) is 12.8. The maximum Gasteiger partial charge on any atom is 0.231 e. The van der Waals surface area contributed by atoms with Crippen molar-refractivity contribution in [3.05, 3.63) is 28.8 Å². The van der Waals surface area contributed by atoms with E-state index in [4.69, 9.17) is 5.73 Å². The highest BCUT2D eigenvalue weighted by molar-refractivity contribution is 5.96. The van der Waals surface area contributed by atoms with Crippen LogP contribution in [0.3, 0.4) is 0 Å². The SMILES string of the molecule is CCC(CC)(CN)C(=O)Nc1c(C)cc(C)cc1C. The zero-order valence-corrected chi connectivity index (χ0v) is 12.8. The van der Waals surface area contributed by atoms with Gasteiger partial charge in [0, 0.05) is 12.2 Å². The van der Waals surface area contributed by atoms with E-state index in [0.29, 0.717) is 6.54 Å². The van der Waals surface area contributed by atoms with Crippen molar-refractivity contribution in [1.82, 2.24) is 0 Å². The standard InChI is InChI=1S/C16H26N2O/c1-6-16(7-2,10-17)15(19)18-14-12(4)8-11(3)9-13(14)5/h8-9H,6-7,10,17H2,1-5H3,(H,18,19). The molecule has 1 rings (SSSR count). The topological polar surface area (TPSA) is 55.1 Å². The van der Waals surface area contributed by atoms with Crippen LogP contribution in [-0.2, 0) is 4.79 Å². The van der Waals surface area contributed by atoms with Crippen molar-refractivity contribution in [2.45, 2.75) is 47.5 Å². The summed E-state index contributed by atoms with van der Waals surface area (Å²) in [6.07, 6.45) is 1.52. The molecule has 0 radical (unpaired) electrons. The average molecular weight is 262 g/mol. The van der Waals surface area contributed by atoms with Crippen LogP contribution in [0.5, 0.6) is 0 Å². The average Bonchev–Trinajstić information content (AvgIpc) is 2.36. The van der Waals surface area contributed by atoms with E-state index in [9.17, 15) is 4.79 Å². The molecule has 106 valence electrons. The Balaban J connectivity index is 3.06. The number of rotatable bonds is 5. The van der Waals surface area contributed by atoms with E-state index in [1.807, 2.05) is 27.7 Å². The number of nitrogens with one attached hydrogen (secondary N) is 1. The largest absolute Gasteiger partial charge is 0.329 e. The number of carbonyl (C=O) groups is 1. The number of hydrogen-bond acceptors (Lipinski definition) is 2. The second kappa shape index (κ2) is 6.20. The molecule has 19 heavy (non-hydrogen) atoms. The molecule has 3 nitrogen and oxygen atoms in total. The molecular formula is C16H26N2O. The zero-order chi connectivity index (χ0) is 14.6. The highest BCUT2D eigenvalue weighted by Crippen LogP contribution is 2.29. The fourth-order valence-electron chi connectivity index (χ4n) is 2.58. The van der Waals surface area contributed by atoms with Crippen molar-refractivity contribution < 1.29 is 4.79 Å². The van der Waals surface area contributed by atoms with Gasteiger partial charge in [-0.15, -0.1) is 0 Å². The van der Waals surface area contributed by atoms with Crippen molar-refractivity contribution >= 4 is 11.6 Å². The first-order valence-electron chi connectivity index (χ1n) is 6.99. The van der Waals surface area contributed by atoms with Gasteiger partial charge < -0.3 is 11.1 Å². The molecule has 0 aromatic heterocycles. The van der Waals surface area contributed by atoms with Crippen molar-refractivity contribution in [1.29, 1.82) is 0 Å². The second-order valence-corrected chi connectivity index (χ2v) is 5.42. The van der Waals surface area contributed by atoms with Gasteiger partial charge >= 0.3 is 0 Å². The monoisotopic (exact) mass is 262 g/mol. The van der Waals surface area contributed by atoms with Crippen LogP contribution in [0.25, 0.3) is 0 Å². The molecule has 0 aliphatic heterocycles. The van der Waals surface area contributed by atoms with Crippen molar-refractivity contribution in [2.24, 2.45) is 11.1 Å². The molecule has 0 saturated carbocycles. The third-order valence-corrected chi connectivity index (χ3v) is 4.14. The van der Waals surface area contributed by atoms with Crippen LogP contribution in [0.2, 0.25) is 0 Å². The van der Waals surface area contributed by atoms with Gasteiger partial charge in [-0.25, -0.2) is 0 Å². The van der Waals surface area contributed by atoms with Crippen LogP contribution in [0.1, 0.15) is 43.4 Å². The summed E-state index contributed by atoms with van der Waals surface area (Å²) in [6.45, 7) is 10.5. The summed E-state index contributed by atoms with van der Waals surface area (Å²) in [5, 5.41) is 3.08. The minimum Gasteiger partial charge on any atom is -0.329 e. The van der Waals surface area contributed by atoms with E-state index in [1.54, 1.807) is 0 Å². The summed E-state index contributed by atoms with van der Waals surface area (Å²) in [6, 6.07) is 4.18. The predicted molar refractivity (Wildman–Crippen MR) is 81.4 cm³/mol. The Morgan fingerprint density at radius 3 is 2.00 bits per heavy atom. The molecule has 0 aliphatic rings. The molecule has 0 fully saturated rings. The number of anilines is 1. The maximum atomic E-state index is 12.5. The van der Waals surface area contributed by atoms with Crippen LogP contribution >= 0.6 is 0 Å². The quantitative estimate of drug-likeness (QED) is 0.855. The maximum absolute atomic E-state index is 12.5. The highest BCUT2D eigenvalue weighted by Gasteiger charge is 2.33. The van der Waals surface area contributed by atoms with Crippen molar-refractivity contribution in [2.75, 3.05) is 11.9 Å². The molecule has 1 amide bonds. The Kier molecular flexibility index (Phi) is 5.12. The smallest absolute Gasteiger partial charge is 0.231 e. The van der Waals surface area contributed by atoms with Gasteiger partial charge in [-0.1, -0.05) is 31.5 Å². The summed E-state index contributed by atoms with van der Waals surface area (Å²) in [5.74, 6) is 0.0371. The van der Waals surface area contributed by atoms with Gasteiger partial charge in [0.2, 0.25) is 5.91 Å². The molecule has 1 aromatic rings. The lowest BCUT2D eigenvalue weighted by Crippen LogP contribution is -2.41. The molecule has 0 saturated heterocycles. The van der Waals surface area contributed by atoms with Crippen LogP contribution < -0.4 is 11.1 Å². The number of nitrogens with two attached hydrogens (primary N) is 1. The van der Waals surface area contributed by atoms with Gasteiger partial charge in [-0.3, -0.25) is 4.79 Å². The molecule has 0 bridgehead atoms. The van der Waals surface area contributed by atoms with Gasteiger partial charge in [0.05, 0.1) is 5.41 Å². The predicted octanol–water partition coefficient (Wildman–Crippen LogP) is 3.32. The third kappa shape index (κ3) is 3.16. The van der Waals surface area contributed by atoms with Crippen molar-refractivity contribution in [3.63, 3.8) is 0 Å². The lowest BCUT2D eigenvalue weighted by Gasteiger charge is -2.29. The van der Waals surface area contributed by atoms with Crippen LogP contribution in [0.4, 0.5) is 5.69 Å². The minimum absolute atomic E-state index is 0.0371. The van der Waals surface area contributed by atoms with E-state index >= 15 is 0 Å². The molecule has 0 heterocycles. The lowest BCUT2D eigenvalue weighted by molar-refractivity contribution is -0.125. The van der Waals surface area contributed by atoms with E-state index in [1.165, 1.54) is 5.56 Å². The first-order chi connectivity index (χ1) is 8.90. The Morgan fingerprint density at radius 1 is 1.16 bits per heavy atom. The number of amides is 1. The third-order valence-electron chi connectivity index (χ3n) is 4.14. The van der Waals surface area contributed by atoms with Crippen LogP contribution in [0.15, 0.2) is 12.1 Å².